The van der Waals surface area contributed by atoms with Gasteiger partial charge in [-0.3, -0.25) is 9.78 Å². The fourth-order valence-electron chi connectivity index (χ4n) is 1.27. The SMILES string of the molecule is COCC(=O)CCc1ncccc1C. The van der Waals surface area contributed by atoms with Crippen LogP contribution in [0.15, 0.2) is 18.3 Å². The highest BCUT2D eigenvalue weighted by molar-refractivity contribution is 5.79. The Morgan fingerprint density at radius 2 is 2.36 bits per heavy atom. The van der Waals surface area contributed by atoms with E-state index in [1.807, 2.05) is 19.1 Å². The highest BCUT2D eigenvalue weighted by Gasteiger charge is 2.04. The second-order valence-electron chi connectivity index (χ2n) is 3.24. The number of carbonyl (C=O) groups is 1. The third kappa shape index (κ3) is 3.26. The van der Waals surface area contributed by atoms with Crippen LogP contribution in [-0.2, 0) is 16.0 Å². The van der Waals surface area contributed by atoms with Gasteiger partial charge in [0, 0.05) is 25.4 Å². The normalized spacial score (nSPS) is 10.1. The van der Waals surface area contributed by atoms with Gasteiger partial charge in [-0.05, 0) is 25.0 Å². The Bertz CT molecular complexity index is 310. The average molecular weight is 193 g/mol. The van der Waals surface area contributed by atoms with Gasteiger partial charge in [-0.1, -0.05) is 6.07 Å². The molecule has 0 aliphatic heterocycles. The van der Waals surface area contributed by atoms with E-state index in [4.69, 9.17) is 4.74 Å². The van der Waals surface area contributed by atoms with Gasteiger partial charge in [-0.25, -0.2) is 0 Å². The first-order valence-electron chi connectivity index (χ1n) is 4.65. The average Bonchev–Trinajstić information content (AvgIpc) is 2.17. The minimum absolute atomic E-state index is 0.123. The Morgan fingerprint density at radius 1 is 1.57 bits per heavy atom. The zero-order chi connectivity index (χ0) is 10.4. The summed E-state index contributed by atoms with van der Waals surface area (Å²) in [4.78, 5) is 15.4. The molecule has 0 aromatic carbocycles. The van der Waals surface area contributed by atoms with Crippen molar-refractivity contribution in [2.24, 2.45) is 0 Å². The summed E-state index contributed by atoms with van der Waals surface area (Å²) in [6.45, 7) is 2.20. The molecule has 0 aliphatic carbocycles. The number of aromatic nitrogens is 1. The molecule has 76 valence electrons. The molecule has 3 nitrogen and oxygen atoms in total. The Hall–Kier alpha value is -1.22. The van der Waals surface area contributed by atoms with Crippen molar-refractivity contribution in [1.29, 1.82) is 0 Å². The van der Waals surface area contributed by atoms with Gasteiger partial charge in [-0.15, -0.1) is 0 Å². The predicted octanol–water partition coefficient (Wildman–Crippen LogP) is 1.54. The number of carbonyl (C=O) groups excluding carboxylic acids is 1. The van der Waals surface area contributed by atoms with Gasteiger partial charge in [0.05, 0.1) is 0 Å². The van der Waals surface area contributed by atoms with E-state index in [9.17, 15) is 4.79 Å². The van der Waals surface area contributed by atoms with Gasteiger partial charge in [-0.2, -0.15) is 0 Å². The van der Waals surface area contributed by atoms with Gasteiger partial charge in [0.1, 0.15) is 6.61 Å². The van der Waals surface area contributed by atoms with Gasteiger partial charge in [0.15, 0.2) is 5.78 Å². The van der Waals surface area contributed by atoms with Crippen molar-refractivity contribution < 1.29 is 9.53 Å². The number of ether oxygens (including phenoxy) is 1. The smallest absolute Gasteiger partial charge is 0.158 e. The van der Waals surface area contributed by atoms with Crippen LogP contribution in [0.25, 0.3) is 0 Å². The summed E-state index contributed by atoms with van der Waals surface area (Å²) in [5.41, 5.74) is 2.13. The molecule has 3 heteroatoms. The minimum Gasteiger partial charge on any atom is -0.377 e. The first kappa shape index (κ1) is 10.9. The second kappa shape index (κ2) is 5.50. The standard InChI is InChI=1S/C11H15NO2/c1-9-4-3-7-12-11(9)6-5-10(13)8-14-2/h3-4,7H,5-6,8H2,1-2H3. The van der Waals surface area contributed by atoms with Crippen molar-refractivity contribution in [2.75, 3.05) is 13.7 Å². The lowest BCUT2D eigenvalue weighted by Gasteiger charge is -2.02. The Balaban J connectivity index is 2.46. The highest BCUT2D eigenvalue weighted by Crippen LogP contribution is 2.06. The van der Waals surface area contributed by atoms with Crippen LogP contribution in [0.4, 0.5) is 0 Å². The molecule has 1 aromatic rings. The van der Waals surface area contributed by atoms with Crippen LogP contribution in [0, 0.1) is 6.92 Å². The maximum absolute atomic E-state index is 11.2. The minimum atomic E-state index is 0.123. The lowest BCUT2D eigenvalue weighted by atomic mass is 10.1. The molecule has 0 radical (unpaired) electrons. The summed E-state index contributed by atoms with van der Waals surface area (Å²) in [5.74, 6) is 0.123. The Labute approximate surface area is 84.1 Å². The van der Waals surface area contributed by atoms with Crippen LogP contribution < -0.4 is 0 Å². The number of rotatable bonds is 5. The van der Waals surface area contributed by atoms with Crippen molar-refractivity contribution in [3.05, 3.63) is 29.6 Å². The first-order valence-corrected chi connectivity index (χ1v) is 4.65. The number of aryl methyl sites for hydroxylation is 2. The second-order valence-corrected chi connectivity index (χ2v) is 3.24. The number of ketones is 1. The van der Waals surface area contributed by atoms with E-state index in [2.05, 4.69) is 4.98 Å². The molecular weight excluding hydrogens is 178 g/mol. The summed E-state index contributed by atoms with van der Waals surface area (Å²) < 4.78 is 4.75. The molecule has 1 heterocycles. The van der Waals surface area contributed by atoms with Gasteiger partial charge >= 0.3 is 0 Å². The summed E-state index contributed by atoms with van der Waals surface area (Å²) >= 11 is 0. The van der Waals surface area contributed by atoms with E-state index in [0.29, 0.717) is 12.8 Å². The van der Waals surface area contributed by atoms with Crippen LogP contribution in [0.1, 0.15) is 17.7 Å². The van der Waals surface area contributed by atoms with Crippen LogP contribution >= 0.6 is 0 Å². The number of hydrogen-bond donors (Lipinski definition) is 0. The number of pyridine rings is 1. The molecule has 0 saturated heterocycles. The summed E-state index contributed by atoms with van der Waals surface area (Å²) in [6, 6.07) is 3.90. The third-order valence-corrected chi connectivity index (χ3v) is 2.06. The summed E-state index contributed by atoms with van der Waals surface area (Å²) in [5, 5.41) is 0. The molecule has 0 fully saturated rings. The largest absolute Gasteiger partial charge is 0.377 e. The maximum atomic E-state index is 11.2. The van der Waals surface area contributed by atoms with Gasteiger partial charge in [0.25, 0.3) is 0 Å². The van der Waals surface area contributed by atoms with Crippen LogP contribution in [0.2, 0.25) is 0 Å². The zero-order valence-electron chi connectivity index (χ0n) is 8.62. The van der Waals surface area contributed by atoms with E-state index in [1.54, 1.807) is 6.20 Å². The van der Waals surface area contributed by atoms with Crippen LogP contribution in [-0.4, -0.2) is 24.5 Å². The molecular formula is C11H15NO2. The quantitative estimate of drug-likeness (QED) is 0.712. The monoisotopic (exact) mass is 193 g/mol. The fourth-order valence-corrected chi connectivity index (χ4v) is 1.27. The van der Waals surface area contributed by atoms with E-state index in [-0.39, 0.29) is 12.4 Å². The molecule has 0 N–H and O–H groups in total. The van der Waals surface area contributed by atoms with Crippen molar-refractivity contribution in [1.82, 2.24) is 4.98 Å². The zero-order valence-corrected chi connectivity index (χ0v) is 8.62. The Morgan fingerprint density at radius 3 is 3.00 bits per heavy atom. The predicted molar refractivity (Wildman–Crippen MR) is 54.2 cm³/mol. The van der Waals surface area contributed by atoms with Crippen LogP contribution in [0.5, 0.6) is 0 Å². The molecule has 0 saturated carbocycles. The first-order chi connectivity index (χ1) is 6.74. The molecule has 1 aromatic heterocycles. The molecule has 0 amide bonds. The summed E-state index contributed by atoms with van der Waals surface area (Å²) in [6.07, 6.45) is 2.96. The number of methoxy groups -OCH3 is 1. The lowest BCUT2D eigenvalue weighted by Crippen LogP contribution is -2.08. The van der Waals surface area contributed by atoms with E-state index >= 15 is 0 Å². The summed E-state index contributed by atoms with van der Waals surface area (Å²) in [7, 11) is 1.53. The number of nitrogens with zero attached hydrogens (tertiary/aromatic N) is 1. The third-order valence-electron chi connectivity index (χ3n) is 2.06. The Kier molecular flexibility index (Phi) is 4.26. The molecule has 0 unspecified atom stereocenters. The molecule has 14 heavy (non-hydrogen) atoms. The number of hydrogen-bond acceptors (Lipinski definition) is 3. The van der Waals surface area contributed by atoms with Crippen molar-refractivity contribution in [2.45, 2.75) is 19.8 Å². The fraction of sp³-hybridized carbons (Fsp3) is 0.455. The van der Waals surface area contributed by atoms with Gasteiger partial charge < -0.3 is 4.74 Å². The molecule has 0 bridgehead atoms. The number of Topliss-reactive ketones (excluding diaryl/α,β-unsaturated/α-hetero) is 1. The highest BCUT2D eigenvalue weighted by atomic mass is 16.5. The maximum Gasteiger partial charge on any atom is 0.158 e. The van der Waals surface area contributed by atoms with E-state index in [0.717, 1.165) is 11.3 Å². The lowest BCUT2D eigenvalue weighted by molar-refractivity contribution is -0.122. The molecule has 0 aliphatic rings. The molecule has 1 rings (SSSR count). The van der Waals surface area contributed by atoms with E-state index < -0.39 is 0 Å². The van der Waals surface area contributed by atoms with Gasteiger partial charge in [0.2, 0.25) is 0 Å². The molecule has 0 spiro atoms. The van der Waals surface area contributed by atoms with Crippen LogP contribution in [0.3, 0.4) is 0 Å². The molecule has 0 atom stereocenters. The van der Waals surface area contributed by atoms with Crippen molar-refractivity contribution in [3.63, 3.8) is 0 Å². The van der Waals surface area contributed by atoms with E-state index in [1.165, 1.54) is 7.11 Å². The van der Waals surface area contributed by atoms with Crippen molar-refractivity contribution >= 4 is 5.78 Å². The topological polar surface area (TPSA) is 39.2 Å². The van der Waals surface area contributed by atoms with Crippen molar-refractivity contribution in [3.8, 4) is 0 Å².